The lowest BCUT2D eigenvalue weighted by molar-refractivity contribution is 0.0240. The van der Waals surface area contributed by atoms with Crippen molar-refractivity contribution in [1.82, 2.24) is 9.88 Å². The molecule has 1 saturated heterocycles. The molecule has 0 radical (unpaired) electrons. The van der Waals surface area contributed by atoms with Crippen LogP contribution in [0.4, 0.5) is 0 Å². The van der Waals surface area contributed by atoms with Crippen LogP contribution in [0.2, 0.25) is 0 Å². The molecule has 1 atom stereocenters. The van der Waals surface area contributed by atoms with Crippen molar-refractivity contribution in [1.29, 1.82) is 0 Å². The molecule has 3 aromatic rings. The molecular weight excluding hydrogens is 340 g/mol. The highest BCUT2D eigenvalue weighted by molar-refractivity contribution is 5.85. The van der Waals surface area contributed by atoms with Crippen LogP contribution in [0, 0.1) is 6.92 Å². The number of aromatic nitrogens is 1. The van der Waals surface area contributed by atoms with Crippen LogP contribution in [-0.4, -0.2) is 50.4 Å². The van der Waals surface area contributed by atoms with E-state index in [9.17, 15) is 0 Å². The van der Waals surface area contributed by atoms with Gasteiger partial charge in [-0.25, -0.2) is 0 Å². The van der Waals surface area contributed by atoms with Gasteiger partial charge in [-0.1, -0.05) is 24.3 Å². The largest absolute Gasteiger partial charge is 0.493 e. The van der Waals surface area contributed by atoms with Gasteiger partial charge in [0.1, 0.15) is 0 Å². The second kappa shape index (κ2) is 7.62. The first kappa shape index (κ1) is 17.9. The Morgan fingerprint density at radius 3 is 2.48 bits per heavy atom. The van der Waals surface area contributed by atoms with Crippen molar-refractivity contribution in [2.75, 3.05) is 40.5 Å². The third-order valence-corrected chi connectivity index (χ3v) is 5.35. The van der Waals surface area contributed by atoms with Gasteiger partial charge in [-0.05, 0) is 30.7 Å². The molecule has 0 spiro atoms. The third kappa shape index (κ3) is 3.29. The molecule has 5 nitrogen and oxygen atoms in total. The van der Waals surface area contributed by atoms with Crippen LogP contribution in [0.3, 0.4) is 0 Å². The second-order valence-electron chi connectivity index (χ2n) is 6.87. The summed E-state index contributed by atoms with van der Waals surface area (Å²) in [5.41, 5.74) is 4.88. The molecule has 142 valence electrons. The van der Waals surface area contributed by atoms with E-state index in [2.05, 4.69) is 53.2 Å². The predicted octanol–water partition coefficient (Wildman–Crippen LogP) is 3.92. The molecule has 1 aromatic heterocycles. The molecule has 1 fully saturated rings. The maximum atomic E-state index is 5.61. The van der Waals surface area contributed by atoms with Gasteiger partial charge in [0.25, 0.3) is 0 Å². The number of methoxy groups -OCH3 is 2. The summed E-state index contributed by atoms with van der Waals surface area (Å²) in [6.45, 7) is 5.47. The molecule has 0 unspecified atom stereocenters. The molecular formula is C22H26N2O3. The second-order valence-corrected chi connectivity index (χ2v) is 6.87. The van der Waals surface area contributed by atoms with Gasteiger partial charge in [0.2, 0.25) is 0 Å². The Morgan fingerprint density at radius 1 is 1.00 bits per heavy atom. The fraction of sp³-hybridized carbons (Fsp3) is 0.364. The fourth-order valence-electron chi connectivity index (χ4n) is 4.07. The van der Waals surface area contributed by atoms with E-state index in [1.54, 1.807) is 14.2 Å². The van der Waals surface area contributed by atoms with Gasteiger partial charge in [0.05, 0.1) is 33.5 Å². The fourth-order valence-corrected chi connectivity index (χ4v) is 4.07. The molecule has 2 aromatic carbocycles. The van der Waals surface area contributed by atoms with Crippen molar-refractivity contribution < 1.29 is 14.2 Å². The molecule has 1 aliphatic rings. The average Bonchev–Trinajstić information content (AvgIpc) is 3.05. The number of hydrogen-bond donors (Lipinski definition) is 1. The van der Waals surface area contributed by atoms with E-state index in [0.29, 0.717) is 0 Å². The van der Waals surface area contributed by atoms with Gasteiger partial charge >= 0.3 is 0 Å². The molecule has 0 saturated carbocycles. The Bertz CT molecular complexity index is 928. The average molecular weight is 366 g/mol. The number of benzene rings is 2. The first-order valence-electron chi connectivity index (χ1n) is 9.34. The van der Waals surface area contributed by atoms with Crippen LogP contribution in [0.1, 0.15) is 22.9 Å². The Kier molecular flexibility index (Phi) is 5.05. The van der Waals surface area contributed by atoms with Crippen LogP contribution >= 0.6 is 0 Å². The normalized spacial score (nSPS) is 16.4. The topological polar surface area (TPSA) is 46.7 Å². The number of aryl methyl sites for hydroxylation is 1. The minimum atomic E-state index is 0.129. The van der Waals surface area contributed by atoms with Crippen LogP contribution in [0.5, 0.6) is 11.5 Å². The number of nitrogens with zero attached hydrogens (tertiary/aromatic N) is 1. The highest BCUT2D eigenvalue weighted by Crippen LogP contribution is 2.39. The number of fused-ring (bicyclic) bond motifs is 1. The minimum Gasteiger partial charge on any atom is -0.493 e. The molecule has 4 rings (SSSR count). The van der Waals surface area contributed by atoms with Crippen LogP contribution in [0.25, 0.3) is 10.9 Å². The van der Waals surface area contributed by atoms with Crippen LogP contribution in [-0.2, 0) is 4.74 Å². The number of nitrogens with one attached hydrogen (secondary N) is 1. The van der Waals surface area contributed by atoms with Crippen molar-refractivity contribution in [3.63, 3.8) is 0 Å². The lowest BCUT2D eigenvalue weighted by Crippen LogP contribution is -2.39. The summed E-state index contributed by atoms with van der Waals surface area (Å²) >= 11 is 0. The van der Waals surface area contributed by atoms with Crippen LogP contribution in [0.15, 0.2) is 42.5 Å². The number of H-pyrrole nitrogens is 1. The summed E-state index contributed by atoms with van der Waals surface area (Å²) in [6, 6.07) is 14.9. The van der Waals surface area contributed by atoms with Crippen LogP contribution < -0.4 is 9.47 Å². The van der Waals surface area contributed by atoms with Crippen molar-refractivity contribution in [2.45, 2.75) is 13.0 Å². The van der Waals surface area contributed by atoms with Crippen molar-refractivity contribution in [3.05, 3.63) is 59.3 Å². The Balaban J connectivity index is 1.88. The van der Waals surface area contributed by atoms with E-state index in [1.807, 2.05) is 6.07 Å². The van der Waals surface area contributed by atoms with Gasteiger partial charge in [-0.3, -0.25) is 4.90 Å². The highest BCUT2D eigenvalue weighted by atomic mass is 16.5. The predicted molar refractivity (Wildman–Crippen MR) is 107 cm³/mol. The van der Waals surface area contributed by atoms with E-state index in [4.69, 9.17) is 14.2 Å². The summed E-state index contributed by atoms with van der Waals surface area (Å²) in [4.78, 5) is 6.05. The molecule has 27 heavy (non-hydrogen) atoms. The molecule has 0 amide bonds. The zero-order valence-electron chi connectivity index (χ0n) is 16.1. The van der Waals surface area contributed by atoms with Gasteiger partial charge in [-0.2, -0.15) is 0 Å². The molecule has 2 heterocycles. The lowest BCUT2D eigenvalue weighted by atomic mass is 9.94. The van der Waals surface area contributed by atoms with E-state index in [-0.39, 0.29) is 6.04 Å². The van der Waals surface area contributed by atoms with Crippen molar-refractivity contribution in [3.8, 4) is 11.5 Å². The smallest absolute Gasteiger partial charge is 0.161 e. The van der Waals surface area contributed by atoms with E-state index in [1.165, 1.54) is 27.7 Å². The summed E-state index contributed by atoms with van der Waals surface area (Å²) in [5, 5.41) is 1.27. The Morgan fingerprint density at radius 2 is 1.74 bits per heavy atom. The third-order valence-electron chi connectivity index (χ3n) is 5.35. The molecule has 0 aliphatic carbocycles. The maximum Gasteiger partial charge on any atom is 0.161 e. The Hall–Kier alpha value is -2.50. The van der Waals surface area contributed by atoms with Gasteiger partial charge in [-0.15, -0.1) is 0 Å². The summed E-state index contributed by atoms with van der Waals surface area (Å²) in [7, 11) is 3.35. The minimum absolute atomic E-state index is 0.129. The van der Waals surface area contributed by atoms with Gasteiger partial charge < -0.3 is 19.2 Å². The standard InChI is InChI=1S/C22H26N2O3/c1-15-21(17-6-4-5-7-18(17)23-15)22(24-10-12-27-13-11-24)16-8-9-19(25-2)20(14-16)26-3/h4-9,14,22-23H,10-13H2,1-3H3/t22-/m0/s1. The van der Waals surface area contributed by atoms with Gasteiger partial charge in [0, 0.05) is 35.2 Å². The Labute approximate surface area is 159 Å². The van der Waals surface area contributed by atoms with Gasteiger partial charge in [0.15, 0.2) is 11.5 Å². The number of hydrogen-bond acceptors (Lipinski definition) is 4. The summed E-state index contributed by atoms with van der Waals surface area (Å²) < 4.78 is 16.6. The summed E-state index contributed by atoms with van der Waals surface area (Å²) in [5.74, 6) is 1.50. The van der Waals surface area contributed by atoms with Crippen molar-refractivity contribution >= 4 is 10.9 Å². The monoisotopic (exact) mass is 366 g/mol. The molecule has 1 aliphatic heterocycles. The summed E-state index contributed by atoms with van der Waals surface area (Å²) in [6.07, 6.45) is 0. The van der Waals surface area contributed by atoms with E-state index >= 15 is 0 Å². The maximum absolute atomic E-state index is 5.61. The number of aromatic amines is 1. The lowest BCUT2D eigenvalue weighted by Gasteiger charge is -2.35. The molecule has 1 N–H and O–H groups in total. The zero-order valence-corrected chi connectivity index (χ0v) is 16.1. The molecule has 5 heteroatoms. The quantitative estimate of drug-likeness (QED) is 0.744. The van der Waals surface area contributed by atoms with E-state index < -0.39 is 0 Å². The number of morpholine rings is 1. The number of ether oxygens (including phenoxy) is 3. The van der Waals surface area contributed by atoms with Crippen molar-refractivity contribution in [2.24, 2.45) is 0 Å². The number of para-hydroxylation sites is 1. The zero-order chi connectivity index (χ0) is 18.8. The number of rotatable bonds is 5. The SMILES string of the molecule is COc1ccc([C@@H](c2c(C)[nH]c3ccccc23)N2CCOCC2)cc1OC. The van der Waals surface area contributed by atoms with E-state index in [0.717, 1.165) is 37.8 Å². The highest BCUT2D eigenvalue weighted by Gasteiger charge is 2.29. The first-order valence-corrected chi connectivity index (χ1v) is 9.34. The molecule has 0 bridgehead atoms. The first-order chi connectivity index (χ1) is 13.2.